The fraction of sp³-hybridized carbons (Fsp3) is 0.500. The third-order valence-electron chi connectivity index (χ3n) is 4.69. The Kier molecular flexibility index (Phi) is 4.96. The Hall–Kier alpha value is -1.57. The quantitative estimate of drug-likeness (QED) is 0.732. The second kappa shape index (κ2) is 7.35. The molecule has 1 fully saturated rings. The number of nitrogens with zero attached hydrogens (tertiary/aromatic N) is 3. The molecular formula is C18H22N4OS2. The average molecular weight is 375 g/mol. The van der Waals surface area contributed by atoms with E-state index in [4.69, 9.17) is 14.7 Å². The molecular weight excluding hydrogens is 352 g/mol. The van der Waals surface area contributed by atoms with Crippen molar-refractivity contribution in [2.45, 2.75) is 51.2 Å². The second-order valence-electron chi connectivity index (χ2n) is 6.57. The molecule has 0 aromatic carbocycles. The molecule has 1 N–H and O–H groups in total. The van der Waals surface area contributed by atoms with E-state index in [1.807, 2.05) is 20.0 Å². The first-order chi connectivity index (χ1) is 12.2. The van der Waals surface area contributed by atoms with Gasteiger partial charge in [0, 0.05) is 17.3 Å². The van der Waals surface area contributed by atoms with Crippen LogP contribution in [0.4, 0.5) is 0 Å². The highest BCUT2D eigenvalue weighted by atomic mass is 32.1. The summed E-state index contributed by atoms with van der Waals surface area (Å²) in [5, 5.41) is 5.43. The van der Waals surface area contributed by atoms with Gasteiger partial charge in [0.1, 0.15) is 16.6 Å². The van der Waals surface area contributed by atoms with E-state index in [9.17, 15) is 0 Å². The van der Waals surface area contributed by atoms with E-state index in [1.165, 1.54) is 16.4 Å². The maximum atomic E-state index is 6.32. The Morgan fingerprint density at radius 2 is 2.08 bits per heavy atom. The summed E-state index contributed by atoms with van der Waals surface area (Å²) in [4.78, 5) is 10.6. The van der Waals surface area contributed by atoms with Gasteiger partial charge in [0.05, 0.1) is 11.2 Å². The van der Waals surface area contributed by atoms with Crippen molar-refractivity contribution in [3.8, 4) is 5.88 Å². The molecule has 7 heteroatoms. The zero-order valence-corrected chi connectivity index (χ0v) is 16.1. The van der Waals surface area contributed by atoms with Gasteiger partial charge in [-0.2, -0.15) is 9.36 Å². The minimum atomic E-state index is 0.253. The minimum absolute atomic E-state index is 0.253. The maximum absolute atomic E-state index is 6.32. The summed E-state index contributed by atoms with van der Waals surface area (Å²) in [6, 6.07) is 4.77. The van der Waals surface area contributed by atoms with Crippen LogP contribution in [0, 0.1) is 6.92 Å². The average Bonchev–Trinajstić information content (AvgIpc) is 3.24. The van der Waals surface area contributed by atoms with Crippen molar-refractivity contribution in [1.82, 2.24) is 19.7 Å². The molecule has 0 saturated heterocycles. The molecule has 0 aliphatic heterocycles. The van der Waals surface area contributed by atoms with Gasteiger partial charge in [-0.1, -0.05) is 0 Å². The largest absolute Gasteiger partial charge is 0.473 e. The van der Waals surface area contributed by atoms with E-state index in [1.54, 1.807) is 11.3 Å². The molecule has 0 unspecified atom stereocenters. The first-order valence-electron chi connectivity index (χ1n) is 8.71. The molecule has 132 valence electrons. The van der Waals surface area contributed by atoms with Crippen LogP contribution in [0.25, 0.3) is 10.2 Å². The molecule has 0 radical (unpaired) electrons. The highest BCUT2D eigenvalue weighted by Gasteiger charge is 2.23. The van der Waals surface area contributed by atoms with Gasteiger partial charge in [0.15, 0.2) is 0 Å². The summed E-state index contributed by atoms with van der Waals surface area (Å²) in [6.07, 6.45) is 5.43. The Morgan fingerprint density at radius 1 is 1.24 bits per heavy atom. The molecule has 1 saturated carbocycles. The zero-order chi connectivity index (χ0) is 17.2. The van der Waals surface area contributed by atoms with E-state index in [-0.39, 0.29) is 6.10 Å². The van der Waals surface area contributed by atoms with Crippen LogP contribution in [0.1, 0.15) is 42.1 Å². The Bertz CT molecular complexity index is 852. The molecule has 0 atom stereocenters. The van der Waals surface area contributed by atoms with E-state index < -0.39 is 0 Å². The molecule has 3 aromatic heterocycles. The highest BCUT2D eigenvalue weighted by Crippen LogP contribution is 2.31. The van der Waals surface area contributed by atoms with Crippen molar-refractivity contribution < 1.29 is 4.74 Å². The van der Waals surface area contributed by atoms with Gasteiger partial charge >= 0.3 is 0 Å². The summed E-state index contributed by atoms with van der Waals surface area (Å²) in [6.45, 7) is 2.01. The van der Waals surface area contributed by atoms with Gasteiger partial charge in [0.2, 0.25) is 5.88 Å². The van der Waals surface area contributed by atoms with Crippen molar-refractivity contribution in [1.29, 1.82) is 0 Å². The smallest absolute Gasteiger partial charge is 0.235 e. The molecule has 3 heterocycles. The molecule has 25 heavy (non-hydrogen) atoms. The van der Waals surface area contributed by atoms with Crippen LogP contribution in [0.3, 0.4) is 0 Å². The number of hydrogen-bond donors (Lipinski definition) is 1. The van der Waals surface area contributed by atoms with Crippen molar-refractivity contribution in [2.75, 3.05) is 7.05 Å². The van der Waals surface area contributed by atoms with Gasteiger partial charge in [0.25, 0.3) is 0 Å². The molecule has 5 nitrogen and oxygen atoms in total. The number of nitrogens with one attached hydrogen (secondary N) is 1. The Balaban J connectivity index is 1.56. The molecule has 0 bridgehead atoms. The topological polar surface area (TPSA) is 59.9 Å². The molecule has 0 spiro atoms. The highest BCUT2D eigenvalue weighted by molar-refractivity contribution is 7.17. The van der Waals surface area contributed by atoms with Crippen LogP contribution in [-0.4, -0.2) is 33.5 Å². The molecule has 1 aliphatic rings. The summed E-state index contributed by atoms with van der Waals surface area (Å²) >= 11 is 3.18. The van der Waals surface area contributed by atoms with E-state index in [2.05, 4.69) is 21.1 Å². The predicted molar refractivity (Wildman–Crippen MR) is 103 cm³/mol. The number of ether oxygens (including phenoxy) is 1. The standard InChI is InChI=1S/C18H22N4OS2/c1-11-9-14(25-22-11)10-16-20-15-7-8-24-17(15)18(21-16)23-13-5-3-12(19-2)4-6-13/h7-9,12-13,19H,3-6,10H2,1-2H3. The number of aromatic nitrogens is 3. The fourth-order valence-corrected chi connectivity index (χ4v) is 4.82. The minimum Gasteiger partial charge on any atom is -0.473 e. The van der Waals surface area contributed by atoms with Gasteiger partial charge < -0.3 is 10.1 Å². The SMILES string of the molecule is CNC1CCC(Oc2nc(Cc3cc(C)ns3)nc3ccsc23)CC1. The number of aryl methyl sites for hydroxylation is 1. The zero-order valence-electron chi connectivity index (χ0n) is 14.5. The van der Waals surface area contributed by atoms with E-state index >= 15 is 0 Å². The summed E-state index contributed by atoms with van der Waals surface area (Å²) in [5.41, 5.74) is 2.03. The van der Waals surface area contributed by atoms with Crippen molar-refractivity contribution in [2.24, 2.45) is 0 Å². The monoisotopic (exact) mass is 374 g/mol. The van der Waals surface area contributed by atoms with Gasteiger partial charge in [-0.3, -0.25) is 0 Å². The van der Waals surface area contributed by atoms with Crippen molar-refractivity contribution in [3.05, 3.63) is 33.9 Å². The lowest BCUT2D eigenvalue weighted by molar-refractivity contribution is 0.138. The second-order valence-corrected chi connectivity index (χ2v) is 8.38. The molecule has 3 aromatic rings. The van der Waals surface area contributed by atoms with Gasteiger partial charge in [-0.25, -0.2) is 4.98 Å². The first-order valence-corrected chi connectivity index (χ1v) is 10.4. The number of thiophene rings is 1. The van der Waals surface area contributed by atoms with Crippen LogP contribution < -0.4 is 10.1 Å². The van der Waals surface area contributed by atoms with Crippen LogP contribution in [-0.2, 0) is 6.42 Å². The van der Waals surface area contributed by atoms with Gasteiger partial charge in [-0.05, 0) is 68.7 Å². The number of rotatable bonds is 5. The Labute approximate surface area is 155 Å². The van der Waals surface area contributed by atoms with Gasteiger partial charge in [-0.15, -0.1) is 11.3 Å². The number of hydrogen-bond acceptors (Lipinski definition) is 7. The number of fused-ring (bicyclic) bond motifs is 1. The van der Waals surface area contributed by atoms with E-state index in [0.717, 1.165) is 53.3 Å². The summed E-state index contributed by atoms with van der Waals surface area (Å²) in [5.74, 6) is 1.57. The predicted octanol–water partition coefficient (Wildman–Crippen LogP) is 3.96. The van der Waals surface area contributed by atoms with E-state index in [0.29, 0.717) is 12.5 Å². The van der Waals surface area contributed by atoms with Crippen molar-refractivity contribution in [3.63, 3.8) is 0 Å². The molecule has 0 amide bonds. The third-order valence-corrected chi connectivity index (χ3v) is 6.46. The normalized spacial score (nSPS) is 20.9. The third kappa shape index (κ3) is 3.83. The fourth-order valence-electron chi connectivity index (χ4n) is 3.32. The van der Waals surface area contributed by atoms with Crippen LogP contribution in [0.15, 0.2) is 17.5 Å². The lowest BCUT2D eigenvalue weighted by Gasteiger charge is -2.28. The maximum Gasteiger partial charge on any atom is 0.235 e. The van der Waals surface area contributed by atoms with Crippen LogP contribution >= 0.6 is 22.9 Å². The van der Waals surface area contributed by atoms with Crippen LogP contribution in [0.5, 0.6) is 5.88 Å². The molecule has 1 aliphatic carbocycles. The van der Waals surface area contributed by atoms with Crippen molar-refractivity contribution >= 4 is 33.1 Å². The lowest BCUT2D eigenvalue weighted by atomic mass is 9.93. The summed E-state index contributed by atoms with van der Waals surface area (Å²) < 4.78 is 11.7. The first kappa shape index (κ1) is 16.9. The lowest BCUT2D eigenvalue weighted by Crippen LogP contribution is -2.34. The summed E-state index contributed by atoms with van der Waals surface area (Å²) in [7, 11) is 2.04. The Morgan fingerprint density at radius 3 is 2.80 bits per heavy atom. The molecule has 4 rings (SSSR count). The van der Waals surface area contributed by atoms with Crippen LogP contribution in [0.2, 0.25) is 0 Å².